The summed E-state index contributed by atoms with van der Waals surface area (Å²) in [6, 6.07) is 28.4. The van der Waals surface area contributed by atoms with Crippen LogP contribution in [0.4, 0.5) is 0 Å². The molecule has 50 heavy (non-hydrogen) atoms. The van der Waals surface area contributed by atoms with Crippen LogP contribution >= 0.6 is 24.0 Å². The number of para-hydroxylation sites is 2. The number of aldehydes is 2. The van der Waals surface area contributed by atoms with Gasteiger partial charge < -0.3 is 11.6 Å². The van der Waals surface area contributed by atoms with E-state index < -0.39 is 0 Å². The zero-order valence-electron chi connectivity index (χ0n) is 28.6. The molecular weight excluding hydrogens is 732 g/mol. The van der Waals surface area contributed by atoms with E-state index in [2.05, 4.69) is 45.6 Å². The number of hydrogen-bond donors (Lipinski definition) is 1. The molecule has 6 rings (SSSR count). The summed E-state index contributed by atoms with van der Waals surface area (Å²) in [4.78, 5) is 40.9. The number of aromatic nitrogens is 6. The fraction of sp³-hybridized carbons (Fsp3) is 0.0968. The number of nitrogens with zero attached hydrogens (tertiary/aromatic N) is 6. The molecule has 5 radical (unpaired) electrons. The molecule has 243 valence electrons. The standard InChI is InChI=1S/C14H11N3O.C8H6N2O.C6H6ClN.C2H3N.CH2O3.B3.ClH.2K.H/c18-10-13-12-6-1-2-7-14(12)17(16-13)9-11-5-3-4-8-15-11;11-5-8-6-3-1-2-4-7(6)9-10-8;7-5-6-3-1-2-4-8-6;1-2-3;2-1-4-3;1-3-2;;;;/h1-8,10H,9H2;1-5H,(H,9,10);1-4H,5H2;1H3;1,3H;;1H;;;/q;;;;;;;2*+1;-1/p-1. The van der Waals surface area contributed by atoms with Crippen molar-refractivity contribution in [2.24, 2.45) is 0 Å². The Bertz CT molecular complexity index is 1810. The molecule has 19 heteroatoms. The minimum atomic E-state index is -0.181. The summed E-state index contributed by atoms with van der Waals surface area (Å²) < 4.78 is 1.81. The van der Waals surface area contributed by atoms with Gasteiger partial charge >= 0.3 is 103 Å². The summed E-state index contributed by atoms with van der Waals surface area (Å²) in [6.45, 7) is 1.81. The van der Waals surface area contributed by atoms with E-state index in [-0.39, 0.29) is 123 Å². The van der Waals surface area contributed by atoms with Crippen LogP contribution in [-0.4, -0.2) is 71.5 Å². The molecule has 0 fully saturated rings. The van der Waals surface area contributed by atoms with E-state index >= 15 is 0 Å². The number of pyridine rings is 2. The quantitative estimate of drug-likeness (QED) is 0.0647. The number of H-pyrrole nitrogens is 1. The molecule has 0 aliphatic heterocycles. The van der Waals surface area contributed by atoms with Gasteiger partial charge in [0.05, 0.1) is 40.9 Å². The van der Waals surface area contributed by atoms with E-state index in [9.17, 15) is 9.59 Å². The van der Waals surface area contributed by atoms with Gasteiger partial charge in [-0.2, -0.15) is 15.5 Å². The van der Waals surface area contributed by atoms with Crippen molar-refractivity contribution < 1.29 is 129 Å². The number of alkyl halides is 1. The largest absolute Gasteiger partial charge is 1.00 e. The number of carbonyl (C=O) groups is 3. The first kappa shape index (κ1) is 52.3. The first-order chi connectivity index (χ1) is 23.0. The van der Waals surface area contributed by atoms with Crippen LogP contribution < -0.4 is 108 Å². The van der Waals surface area contributed by atoms with Gasteiger partial charge in [0.1, 0.15) is 11.4 Å². The molecule has 12 nitrogen and oxygen atoms in total. The third kappa shape index (κ3) is 20.1. The Morgan fingerprint density at radius 2 is 1.42 bits per heavy atom. The third-order valence-electron chi connectivity index (χ3n) is 5.35. The van der Waals surface area contributed by atoms with Gasteiger partial charge in [0, 0.05) is 52.6 Å². The molecule has 1 N–H and O–H groups in total. The molecule has 0 unspecified atom stereocenters. The van der Waals surface area contributed by atoms with Crippen molar-refractivity contribution >= 4 is 87.4 Å². The van der Waals surface area contributed by atoms with E-state index in [0.717, 1.165) is 52.8 Å². The molecule has 4 heterocycles. The third-order valence-corrected chi connectivity index (χ3v) is 5.62. The van der Waals surface area contributed by atoms with Gasteiger partial charge in [0.15, 0.2) is 12.6 Å². The first-order valence-electron chi connectivity index (χ1n) is 13.4. The van der Waals surface area contributed by atoms with Crippen LogP contribution in [0, 0.1) is 11.3 Å². The van der Waals surface area contributed by atoms with Gasteiger partial charge in [-0.3, -0.25) is 34.1 Å². The molecule has 0 aliphatic carbocycles. The molecular formula is C31H29B3Cl2K2N7O5. The van der Waals surface area contributed by atoms with Gasteiger partial charge in [0.25, 0.3) is 6.47 Å². The van der Waals surface area contributed by atoms with Crippen LogP contribution in [0.1, 0.15) is 40.7 Å². The number of fused-ring (bicyclic) bond motifs is 2. The van der Waals surface area contributed by atoms with Crippen LogP contribution in [0.15, 0.2) is 97.3 Å². The van der Waals surface area contributed by atoms with Crippen LogP contribution in [0.5, 0.6) is 0 Å². The van der Waals surface area contributed by atoms with Gasteiger partial charge in [-0.15, -0.1) is 24.0 Å². The molecule has 0 saturated carbocycles. The maximum absolute atomic E-state index is 11.0. The van der Waals surface area contributed by atoms with Crippen molar-refractivity contribution in [1.82, 2.24) is 29.9 Å². The Morgan fingerprint density at radius 3 is 1.88 bits per heavy atom. The summed E-state index contributed by atoms with van der Waals surface area (Å²) >= 11 is 5.46. The van der Waals surface area contributed by atoms with Gasteiger partial charge in [0.2, 0.25) is 0 Å². The maximum atomic E-state index is 11.0. The Morgan fingerprint density at radius 1 is 0.920 bits per heavy atom. The predicted molar refractivity (Wildman–Crippen MR) is 188 cm³/mol. The van der Waals surface area contributed by atoms with Gasteiger partial charge in [-0.1, -0.05) is 48.5 Å². The summed E-state index contributed by atoms with van der Waals surface area (Å²) in [7, 11) is 10.0. The molecule has 0 aliphatic rings. The molecule has 6 aromatic rings. The second kappa shape index (κ2) is 34.1. The van der Waals surface area contributed by atoms with Gasteiger partial charge in [-0.05, 0) is 36.4 Å². The smallest absolute Gasteiger partial charge is 1.00 e. The van der Waals surface area contributed by atoms with Crippen molar-refractivity contribution in [3.63, 3.8) is 0 Å². The number of rotatable bonds is 6. The number of nitrogens with one attached hydrogen (secondary N) is 1. The number of carbonyl (C=O) groups excluding carboxylic acids is 3. The zero-order chi connectivity index (χ0) is 34.7. The molecule has 0 bridgehead atoms. The summed E-state index contributed by atoms with van der Waals surface area (Å²) in [5, 5.41) is 28.4. The number of hydrogen-bond acceptors (Lipinski definition) is 10. The fourth-order valence-electron chi connectivity index (χ4n) is 3.55. The van der Waals surface area contributed by atoms with Crippen LogP contribution in [0.3, 0.4) is 0 Å². The Balaban J connectivity index is -0.000000291. The summed E-state index contributed by atoms with van der Waals surface area (Å²) in [6.07, 6.45) is 5.05. The summed E-state index contributed by atoms with van der Waals surface area (Å²) in [5.74, 6) is 0.501. The molecule has 4 aromatic heterocycles. The predicted octanol–water partition coefficient (Wildman–Crippen LogP) is -2.15. The van der Waals surface area contributed by atoms with E-state index in [0.29, 0.717) is 23.8 Å². The second-order valence-corrected chi connectivity index (χ2v) is 8.60. The average Bonchev–Trinajstić information content (AvgIpc) is 3.71. The van der Waals surface area contributed by atoms with E-state index in [1.54, 1.807) is 23.1 Å². The van der Waals surface area contributed by atoms with Crippen molar-refractivity contribution in [3.05, 3.63) is 120 Å². The van der Waals surface area contributed by atoms with E-state index in [4.69, 9.17) is 26.9 Å². The van der Waals surface area contributed by atoms with Crippen molar-refractivity contribution in [3.8, 4) is 6.07 Å². The second-order valence-electron chi connectivity index (χ2n) is 8.33. The zero-order valence-corrected chi connectivity index (χ0v) is 35.4. The first-order valence-corrected chi connectivity index (χ1v) is 13.9. The number of nitriles is 1. The molecule has 0 atom stereocenters. The van der Waals surface area contributed by atoms with Crippen molar-refractivity contribution in [2.45, 2.75) is 19.3 Å². The van der Waals surface area contributed by atoms with Crippen LogP contribution in [-0.2, 0) is 22.1 Å². The van der Waals surface area contributed by atoms with Crippen molar-refractivity contribution in [1.29, 1.82) is 5.26 Å². The topological polar surface area (TPSA) is 180 Å². The average molecular weight is 761 g/mol. The Labute approximate surface area is 391 Å². The normalized spacial score (nSPS) is 8.36. The van der Waals surface area contributed by atoms with E-state index in [1.165, 1.54) is 6.92 Å². The Hall–Kier alpha value is -2.01. The number of benzene rings is 2. The maximum Gasteiger partial charge on any atom is 1.00 e. The Kier molecular flexibility index (Phi) is 35.7. The van der Waals surface area contributed by atoms with Gasteiger partial charge in [-0.25, -0.2) is 0 Å². The monoisotopic (exact) mass is 760 g/mol. The molecule has 0 amide bonds. The van der Waals surface area contributed by atoms with Crippen molar-refractivity contribution in [2.75, 3.05) is 0 Å². The number of halogens is 2. The SMILES string of the molecule is CC#N.Cl.ClCc1ccccn1.O=CO[O-].O=Cc1[nH]nc2ccccc12.O=Cc1nn(Cc2ccccn2)c2ccccc12.[B][B][B].[H-].[K+].[K+]. The fourth-order valence-corrected chi connectivity index (χ4v) is 3.71. The summed E-state index contributed by atoms with van der Waals surface area (Å²) in [5.41, 5.74) is 4.64. The van der Waals surface area contributed by atoms with E-state index in [1.807, 2.05) is 84.9 Å². The van der Waals surface area contributed by atoms with Crippen LogP contribution in [0.2, 0.25) is 0 Å². The van der Waals surface area contributed by atoms with Crippen LogP contribution in [0.25, 0.3) is 21.8 Å². The molecule has 0 saturated heterocycles. The number of aromatic amines is 1. The minimum Gasteiger partial charge on any atom is -1.00 e. The molecule has 2 aromatic carbocycles. The minimum absolute atomic E-state index is 0. The molecule has 0 spiro atoms.